The lowest BCUT2D eigenvalue weighted by molar-refractivity contribution is 0.0347. The fraction of sp³-hybridized carbons (Fsp3) is 0.708. The molecule has 1 aliphatic heterocycles. The molecule has 0 amide bonds. The molecule has 1 saturated carbocycles. The number of nitrogens with zero attached hydrogens (tertiary/aromatic N) is 1. The van der Waals surface area contributed by atoms with Gasteiger partial charge in [-0.2, -0.15) is 0 Å². The molecule has 0 spiro atoms. The standard InChI is InChI=1S/C24H39N3O4/c1-18(15-31-20-10-13-30-16-20)27-23(25-2)26-17-24(11-6-5-7-12-24)19-8-9-21(28-3)22(14-19)29-4/h8-9,14,18,20H,5-7,10-13,15-17H2,1-4H3,(H2,25,26,27). The van der Waals surface area contributed by atoms with Gasteiger partial charge in [-0.25, -0.2) is 0 Å². The highest BCUT2D eigenvalue weighted by Gasteiger charge is 2.35. The van der Waals surface area contributed by atoms with Gasteiger partial charge in [0.05, 0.1) is 33.5 Å². The summed E-state index contributed by atoms with van der Waals surface area (Å²) in [6.45, 7) is 5.08. The summed E-state index contributed by atoms with van der Waals surface area (Å²) < 4.78 is 22.3. The summed E-state index contributed by atoms with van der Waals surface area (Å²) >= 11 is 0. The minimum absolute atomic E-state index is 0.0519. The number of hydrogen-bond acceptors (Lipinski definition) is 5. The zero-order valence-electron chi connectivity index (χ0n) is 19.5. The third-order valence-electron chi connectivity index (χ3n) is 6.48. The number of aliphatic imine (C=N–C) groups is 1. The maximum atomic E-state index is 5.95. The van der Waals surface area contributed by atoms with Crippen molar-refractivity contribution in [3.05, 3.63) is 23.8 Å². The fourth-order valence-electron chi connectivity index (χ4n) is 4.61. The van der Waals surface area contributed by atoms with Crippen LogP contribution in [-0.2, 0) is 14.9 Å². The molecule has 0 radical (unpaired) electrons. The first-order valence-electron chi connectivity index (χ1n) is 11.5. The Morgan fingerprint density at radius 2 is 1.97 bits per heavy atom. The molecule has 7 heteroatoms. The van der Waals surface area contributed by atoms with Gasteiger partial charge < -0.3 is 29.6 Å². The smallest absolute Gasteiger partial charge is 0.191 e. The van der Waals surface area contributed by atoms with Gasteiger partial charge in [0.2, 0.25) is 0 Å². The van der Waals surface area contributed by atoms with Gasteiger partial charge in [0, 0.05) is 31.7 Å². The summed E-state index contributed by atoms with van der Waals surface area (Å²) in [4.78, 5) is 4.45. The van der Waals surface area contributed by atoms with Gasteiger partial charge in [-0.3, -0.25) is 4.99 Å². The van der Waals surface area contributed by atoms with Crippen LogP contribution < -0.4 is 20.1 Å². The van der Waals surface area contributed by atoms with E-state index in [4.69, 9.17) is 18.9 Å². The van der Waals surface area contributed by atoms with Crippen LogP contribution in [0, 0.1) is 0 Å². The Balaban J connectivity index is 1.63. The molecule has 174 valence electrons. The van der Waals surface area contributed by atoms with Crippen molar-refractivity contribution in [2.24, 2.45) is 4.99 Å². The van der Waals surface area contributed by atoms with Gasteiger partial charge in [0.1, 0.15) is 0 Å². The monoisotopic (exact) mass is 433 g/mol. The highest BCUT2D eigenvalue weighted by Crippen LogP contribution is 2.42. The normalized spacial score (nSPS) is 22.1. The minimum atomic E-state index is 0.0519. The summed E-state index contributed by atoms with van der Waals surface area (Å²) in [6.07, 6.45) is 7.25. The van der Waals surface area contributed by atoms with Crippen LogP contribution in [-0.4, -0.2) is 65.7 Å². The number of guanidine groups is 1. The SMILES string of the molecule is CN=C(NCC1(c2ccc(OC)c(OC)c2)CCCCC1)NC(C)COC1CCOC1. The molecule has 31 heavy (non-hydrogen) atoms. The van der Waals surface area contributed by atoms with Crippen LogP contribution in [0.4, 0.5) is 0 Å². The van der Waals surface area contributed by atoms with Gasteiger partial charge >= 0.3 is 0 Å². The Morgan fingerprint density at radius 1 is 1.19 bits per heavy atom. The van der Waals surface area contributed by atoms with Crippen molar-refractivity contribution in [3.8, 4) is 11.5 Å². The van der Waals surface area contributed by atoms with Crippen LogP contribution in [0.1, 0.15) is 51.0 Å². The lowest BCUT2D eigenvalue weighted by atomic mass is 9.69. The van der Waals surface area contributed by atoms with Crippen LogP contribution in [0.2, 0.25) is 0 Å². The predicted molar refractivity (Wildman–Crippen MR) is 123 cm³/mol. The molecule has 3 rings (SSSR count). The Hall–Kier alpha value is -1.99. The van der Waals surface area contributed by atoms with E-state index < -0.39 is 0 Å². The number of methoxy groups -OCH3 is 2. The van der Waals surface area contributed by atoms with Crippen molar-refractivity contribution in [1.82, 2.24) is 10.6 Å². The topological polar surface area (TPSA) is 73.3 Å². The average Bonchev–Trinajstić information content (AvgIpc) is 3.34. The molecule has 1 heterocycles. The van der Waals surface area contributed by atoms with Gasteiger partial charge in [-0.05, 0) is 43.9 Å². The van der Waals surface area contributed by atoms with E-state index in [-0.39, 0.29) is 17.6 Å². The quantitative estimate of drug-likeness (QED) is 0.460. The second kappa shape index (κ2) is 11.6. The number of benzene rings is 1. The first-order valence-corrected chi connectivity index (χ1v) is 11.5. The molecule has 7 nitrogen and oxygen atoms in total. The maximum Gasteiger partial charge on any atom is 0.191 e. The van der Waals surface area contributed by atoms with Crippen molar-refractivity contribution >= 4 is 5.96 Å². The number of ether oxygens (including phenoxy) is 4. The first-order chi connectivity index (χ1) is 15.1. The van der Waals surface area contributed by atoms with Crippen LogP contribution in [0.25, 0.3) is 0 Å². The zero-order chi connectivity index (χ0) is 22.1. The van der Waals surface area contributed by atoms with E-state index in [1.165, 1.54) is 24.8 Å². The summed E-state index contributed by atoms with van der Waals surface area (Å²) in [6, 6.07) is 6.51. The third-order valence-corrected chi connectivity index (χ3v) is 6.48. The summed E-state index contributed by atoms with van der Waals surface area (Å²) in [5.41, 5.74) is 1.35. The van der Waals surface area contributed by atoms with Crippen molar-refractivity contribution in [1.29, 1.82) is 0 Å². The Bertz CT molecular complexity index is 713. The van der Waals surface area contributed by atoms with Gasteiger partial charge in [0.15, 0.2) is 17.5 Å². The molecule has 2 fully saturated rings. The lowest BCUT2D eigenvalue weighted by Gasteiger charge is -2.39. The highest BCUT2D eigenvalue weighted by molar-refractivity contribution is 5.80. The van der Waals surface area contributed by atoms with Crippen LogP contribution in [0.3, 0.4) is 0 Å². The Kier molecular flexibility index (Phi) is 8.84. The molecule has 2 aliphatic rings. The summed E-state index contributed by atoms with van der Waals surface area (Å²) in [7, 11) is 5.19. The molecule has 1 saturated heterocycles. The molecular weight excluding hydrogens is 394 g/mol. The second-order valence-electron chi connectivity index (χ2n) is 8.70. The van der Waals surface area contributed by atoms with Crippen LogP contribution in [0.15, 0.2) is 23.2 Å². The van der Waals surface area contributed by atoms with Crippen LogP contribution in [0.5, 0.6) is 11.5 Å². The molecule has 1 aliphatic carbocycles. The largest absolute Gasteiger partial charge is 0.493 e. The van der Waals surface area contributed by atoms with E-state index in [9.17, 15) is 0 Å². The maximum absolute atomic E-state index is 5.95. The lowest BCUT2D eigenvalue weighted by Crippen LogP contribution is -2.49. The van der Waals surface area contributed by atoms with Gasteiger partial charge in [-0.1, -0.05) is 25.3 Å². The van der Waals surface area contributed by atoms with Crippen molar-refractivity contribution < 1.29 is 18.9 Å². The first kappa shape index (κ1) is 23.7. The van der Waals surface area contributed by atoms with Gasteiger partial charge in [-0.15, -0.1) is 0 Å². The molecule has 2 unspecified atom stereocenters. The van der Waals surface area contributed by atoms with E-state index in [0.717, 1.165) is 49.9 Å². The van der Waals surface area contributed by atoms with Crippen LogP contribution >= 0.6 is 0 Å². The average molecular weight is 434 g/mol. The minimum Gasteiger partial charge on any atom is -0.493 e. The van der Waals surface area contributed by atoms with E-state index in [0.29, 0.717) is 13.2 Å². The Morgan fingerprint density at radius 3 is 2.61 bits per heavy atom. The summed E-state index contributed by atoms with van der Waals surface area (Å²) in [5, 5.41) is 7.06. The molecule has 0 aromatic heterocycles. The number of hydrogen-bond donors (Lipinski definition) is 2. The molecule has 2 atom stereocenters. The number of rotatable bonds is 9. The zero-order valence-corrected chi connectivity index (χ0v) is 19.5. The van der Waals surface area contributed by atoms with Crippen molar-refractivity contribution in [2.45, 2.75) is 63.0 Å². The molecule has 1 aromatic rings. The van der Waals surface area contributed by atoms with Gasteiger partial charge in [0.25, 0.3) is 0 Å². The third kappa shape index (κ3) is 6.26. The predicted octanol–water partition coefficient (Wildman–Crippen LogP) is 3.26. The fourth-order valence-corrected chi connectivity index (χ4v) is 4.61. The van der Waals surface area contributed by atoms with E-state index >= 15 is 0 Å². The van der Waals surface area contributed by atoms with E-state index in [1.807, 2.05) is 13.1 Å². The highest BCUT2D eigenvalue weighted by atomic mass is 16.5. The van der Waals surface area contributed by atoms with Crippen molar-refractivity contribution in [3.63, 3.8) is 0 Å². The van der Waals surface area contributed by atoms with E-state index in [2.05, 4.69) is 34.7 Å². The van der Waals surface area contributed by atoms with E-state index in [1.54, 1.807) is 14.2 Å². The molecular formula is C24H39N3O4. The Labute approximate surface area is 186 Å². The van der Waals surface area contributed by atoms with Crippen molar-refractivity contribution in [2.75, 3.05) is 47.6 Å². The number of nitrogens with one attached hydrogen (secondary N) is 2. The molecule has 1 aromatic carbocycles. The summed E-state index contributed by atoms with van der Waals surface area (Å²) in [5.74, 6) is 2.36. The molecule has 0 bridgehead atoms. The second-order valence-corrected chi connectivity index (χ2v) is 8.70. The molecule has 2 N–H and O–H groups in total.